The Hall–Kier alpha value is -1.31. The highest BCUT2D eigenvalue weighted by atomic mass is 16.1. The topological polar surface area (TPSA) is 29.1 Å². The first-order valence-electron chi connectivity index (χ1n) is 10.1. The number of carbonyl (C=O) groups excluding carboxylic acids is 1. The highest BCUT2D eigenvalue weighted by Crippen LogP contribution is 2.46. The highest BCUT2D eigenvalue weighted by Gasteiger charge is 2.45. The maximum atomic E-state index is 11.7. The summed E-state index contributed by atoms with van der Waals surface area (Å²) in [6.07, 6.45) is 13.5. The van der Waals surface area contributed by atoms with Crippen LogP contribution in [0.3, 0.4) is 0 Å². The summed E-state index contributed by atoms with van der Waals surface area (Å²) in [6.45, 7) is 4.55. The van der Waals surface area contributed by atoms with Crippen molar-refractivity contribution in [3.63, 3.8) is 0 Å². The lowest BCUT2D eigenvalue weighted by atomic mass is 9.64. The minimum absolute atomic E-state index is 0.197. The van der Waals surface area contributed by atoms with E-state index in [-0.39, 0.29) is 5.54 Å². The first kappa shape index (κ1) is 19.0. The van der Waals surface area contributed by atoms with E-state index in [2.05, 4.69) is 49.5 Å². The molecule has 1 N–H and O–H groups in total. The smallest absolute Gasteiger partial charge is 0.207 e. The molecule has 0 aliphatic heterocycles. The standard InChI is InChI=1S/C22H35NO/c1-3-5-13-19(4-2)22(23-18-24,21-16-11-8-12-17-21)20-14-9-6-7-10-15-20/h8,11-12,16-20H,3-7,9-10,13-15H2,1-2H3,(H,23,24). The van der Waals surface area contributed by atoms with E-state index in [4.69, 9.17) is 0 Å². The van der Waals surface area contributed by atoms with Gasteiger partial charge in [-0.05, 0) is 36.7 Å². The second-order valence-corrected chi connectivity index (χ2v) is 7.43. The quantitative estimate of drug-likeness (QED) is 0.449. The fraction of sp³-hybridized carbons (Fsp3) is 0.682. The van der Waals surface area contributed by atoms with Crippen LogP contribution in [0.25, 0.3) is 0 Å². The number of benzene rings is 1. The Kier molecular flexibility index (Phi) is 7.81. The summed E-state index contributed by atoms with van der Waals surface area (Å²) < 4.78 is 0. The first-order chi connectivity index (χ1) is 11.8. The zero-order chi connectivity index (χ0) is 17.3. The molecule has 0 aromatic heterocycles. The monoisotopic (exact) mass is 329 g/mol. The summed E-state index contributed by atoms with van der Waals surface area (Å²) in [5.41, 5.74) is 1.11. The number of carbonyl (C=O) groups is 1. The third-order valence-corrected chi connectivity index (χ3v) is 6.09. The SMILES string of the molecule is CCCCC(CC)C(NC=O)(c1ccccc1)C1CCCCCC1. The third kappa shape index (κ3) is 4.20. The Bertz CT molecular complexity index is 464. The molecule has 2 heteroatoms. The van der Waals surface area contributed by atoms with E-state index >= 15 is 0 Å². The second kappa shape index (κ2) is 9.86. The summed E-state index contributed by atoms with van der Waals surface area (Å²) in [4.78, 5) is 11.7. The lowest BCUT2D eigenvalue weighted by molar-refractivity contribution is -0.113. The Balaban J connectivity index is 2.47. The third-order valence-electron chi connectivity index (χ3n) is 6.09. The predicted octanol–water partition coefficient (Wildman–Crippen LogP) is 5.81. The van der Waals surface area contributed by atoms with Crippen LogP contribution in [0.15, 0.2) is 30.3 Å². The molecular formula is C22H35NO. The Morgan fingerprint density at radius 2 is 1.79 bits per heavy atom. The van der Waals surface area contributed by atoms with Gasteiger partial charge in [0.15, 0.2) is 0 Å². The minimum Gasteiger partial charge on any atom is -0.349 e. The average Bonchev–Trinajstić information content (AvgIpc) is 2.91. The van der Waals surface area contributed by atoms with Crippen molar-refractivity contribution < 1.29 is 4.79 Å². The van der Waals surface area contributed by atoms with Gasteiger partial charge in [0.2, 0.25) is 6.41 Å². The van der Waals surface area contributed by atoms with Gasteiger partial charge in [-0.2, -0.15) is 0 Å². The van der Waals surface area contributed by atoms with Crippen LogP contribution in [-0.2, 0) is 10.3 Å². The Morgan fingerprint density at radius 3 is 2.33 bits per heavy atom. The number of hydrogen-bond donors (Lipinski definition) is 1. The zero-order valence-electron chi connectivity index (χ0n) is 15.6. The molecule has 2 atom stereocenters. The van der Waals surface area contributed by atoms with E-state index in [0.29, 0.717) is 11.8 Å². The number of rotatable bonds is 9. The molecule has 1 aromatic rings. The fourth-order valence-electron chi connectivity index (χ4n) is 4.87. The van der Waals surface area contributed by atoms with Crippen LogP contribution < -0.4 is 5.32 Å². The summed E-state index contributed by atoms with van der Waals surface area (Å²) >= 11 is 0. The lowest BCUT2D eigenvalue weighted by Crippen LogP contribution is -2.53. The summed E-state index contributed by atoms with van der Waals surface area (Å²) in [6, 6.07) is 10.8. The van der Waals surface area contributed by atoms with Crippen molar-refractivity contribution in [3.8, 4) is 0 Å². The summed E-state index contributed by atoms with van der Waals surface area (Å²) in [5, 5.41) is 3.39. The van der Waals surface area contributed by atoms with Crippen LogP contribution >= 0.6 is 0 Å². The second-order valence-electron chi connectivity index (χ2n) is 7.43. The van der Waals surface area contributed by atoms with Gasteiger partial charge in [0.25, 0.3) is 0 Å². The molecule has 2 nitrogen and oxygen atoms in total. The highest BCUT2D eigenvalue weighted by molar-refractivity contribution is 5.50. The molecular weight excluding hydrogens is 294 g/mol. The molecule has 2 rings (SSSR count). The number of amides is 1. The molecule has 1 fully saturated rings. The van der Waals surface area contributed by atoms with E-state index in [9.17, 15) is 4.79 Å². The van der Waals surface area contributed by atoms with Gasteiger partial charge in [0, 0.05) is 0 Å². The van der Waals surface area contributed by atoms with Crippen molar-refractivity contribution in [3.05, 3.63) is 35.9 Å². The Labute approximate surface area is 148 Å². The van der Waals surface area contributed by atoms with Crippen molar-refractivity contribution in [1.29, 1.82) is 0 Å². The molecule has 1 aliphatic rings. The fourth-order valence-corrected chi connectivity index (χ4v) is 4.87. The number of nitrogens with one attached hydrogen (secondary N) is 1. The van der Waals surface area contributed by atoms with Crippen LogP contribution in [0.4, 0.5) is 0 Å². The molecule has 1 amide bonds. The molecule has 0 radical (unpaired) electrons. The molecule has 0 spiro atoms. The van der Waals surface area contributed by atoms with E-state index in [0.717, 1.165) is 12.8 Å². The van der Waals surface area contributed by atoms with E-state index < -0.39 is 0 Å². The van der Waals surface area contributed by atoms with Gasteiger partial charge in [0.05, 0.1) is 5.54 Å². The van der Waals surface area contributed by atoms with Gasteiger partial charge in [-0.1, -0.05) is 89.1 Å². The largest absolute Gasteiger partial charge is 0.349 e. The predicted molar refractivity (Wildman–Crippen MR) is 102 cm³/mol. The van der Waals surface area contributed by atoms with Crippen molar-refractivity contribution in [1.82, 2.24) is 5.32 Å². The van der Waals surface area contributed by atoms with Crippen molar-refractivity contribution in [2.75, 3.05) is 0 Å². The maximum absolute atomic E-state index is 11.7. The van der Waals surface area contributed by atoms with Crippen LogP contribution in [0.1, 0.15) is 83.6 Å². The molecule has 24 heavy (non-hydrogen) atoms. The molecule has 0 heterocycles. The lowest BCUT2D eigenvalue weighted by Gasteiger charge is -2.47. The number of unbranched alkanes of at least 4 members (excludes halogenated alkanes) is 1. The summed E-state index contributed by atoms with van der Waals surface area (Å²) in [5.74, 6) is 1.06. The van der Waals surface area contributed by atoms with Crippen molar-refractivity contribution in [2.45, 2.75) is 83.6 Å². The van der Waals surface area contributed by atoms with Gasteiger partial charge in [-0.3, -0.25) is 4.79 Å². The van der Waals surface area contributed by atoms with Crippen LogP contribution in [0.2, 0.25) is 0 Å². The Morgan fingerprint density at radius 1 is 1.12 bits per heavy atom. The zero-order valence-corrected chi connectivity index (χ0v) is 15.6. The molecule has 2 unspecified atom stereocenters. The van der Waals surface area contributed by atoms with Gasteiger partial charge < -0.3 is 5.32 Å². The molecule has 1 saturated carbocycles. The normalized spacial score (nSPS) is 19.9. The van der Waals surface area contributed by atoms with E-state index in [1.165, 1.54) is 63.4 Å². The first-order valence-corrected chi connectivity index (χ1v) is 10.1. The van der Waals surface area contributed by atoms with Gasteiger partial charge in [-0.15, -0.1) is 0 Å². The maximum Gasteiger partial charge on any atom is 0.207 e. The van der Waals surface area contributed by atoms with E-state index in [1.54, 1.807) is 0 Å². The average molecular weight is 330 g/mol. The molecule has 134 valence electrons. The minimum atomic E-state index is -0.197. The van der Waals surface area contributed by atoms with E-state index in [1.807, 2.05) is 0 Å². The molecule has 0 bridgehead atoms. The van der Waals surface area contributed by atoms with Crippen LogP contribution in [0, 0.1) is 11.8 Å². The van der Waals surface area contributed by atoms with Gasteiger partial charge >= 0.3 is 0 Å². The van der Waals surface area contributed by atoms with Crippen molar-refractivity contribution >= 4 is 6.41 Å². The molecule has 1 aromatic carbocycles. The van der Waals surface area contributed by atoms with Crippen molar-refractivity contribution in [2.24, 2.45) is 11.8 Å². The van der Waals surface area contributed by atoms with Crippen LogP contribution in [0.5, 0.6) is 0 Å². The molecule has 0 saturated heterocycles. The molecule has 1 aliphatic carbocycles. The summed E-state index contributed by atoms with van der Waals surface area (Å²) in [7, 11) is 0. The van der Waals surface area contributed by atoms with Gasteiger partial charge in [-0.25, -0.2) is 0 Å². The van der Waals surface area contributed by atoms with Crippen LogP contribution in [-0.4, -0.2) is 6.41 Å². The number of hydrogen-bond acceptors (Lipinski definition) is 1. The van der Waals surface area contributed by atoms with Gasteiger partial charge in [0.1, 0.15) is 0 Å².